The third-order valence-corrected chi connectivity index (χ3v) is 3.85. The molecule has 2 N–H and O–H groups in total. The maximum Gasteiger partial charge on any atom is 2.00 e. The smallest absolute Gasteiger partial charge is 0.508 e. The van der Waals surface area contributed by atoms with Gasteiger partial charge in [-0.3, -0.25) is 12.2 Å². The van der Waals surface area contributed by atoms with Crippen molar-refractivity contribution >= 4 is 0 Å². The van der Waals surface area contributed by atoms with Crippen LogP contribution in [0.2, 0.25) is 0 Å². The fourth-order valence-corrected chi connectivity index (χ4v) is 2.37. The van der Waals surface area contributed by atoms with Gasteiger partial charge in [0, 0.05) is 0 Å². The van der Waals surface area contributed by atoms with E-state index < -0.39 is 25.2 Å². The van der Waals surface area contributed by atoms with Crippen LogP contribution in [0.25, 0.3) is 0 Å². The Morgan fingerprint density at radius 1 is 0.600 bits per heavy atom. The molecule has 9 heteroatoms. The van der Waals surface area contributed by atoms with Crippen LogP contribution in [0.1, 0.15) is 24.0 Å². The first-order chi connectivity index (χ1) is 15.9. The van der Waals surface area contributed by atoms with Crippen molar-refractivity contribution in [1.29, 1.82) is 0 Å². The van der Waals surface area contributed by atoms with Gasteiger partial charge in [0.1, 0.15) is 11.5 Å². The number of allylic oxidation sites excluding steroid dienone is 8. The number of phenols is 2. The molecule has 0 aliphatic heterocycles. The molecule has 2 nitrogen and oxygen atoms in total. The zero-order valence-electron chi connectivity index (χ0n) is 18.6. The Bertz CT molecular complexity index is 842. The summed E-state index contributed by atoms with van der Waals surface area (Å²) in [5.74, 6) is -0.0538. The van der Waals surface area contributed by atoms with E-state index in [1.807, 2.05) is 24.3 Å². The van der Waals surface area contributed by atoms with Crippen molar-refractivity contribution in [3.8, 4) is 11.5 Å². The van der Waals surface area contributed by atoms with E-state index in [2.05, 4.69) is 24.3 Å². The van der Waals surface area contributed by atoms with E-state index in [-0.39, 0.29) is 48.8 Å². The second kappa shape index (κ2) is 17.0. The van der Waals surface area contributed by atoms with Gasteiger partial charge in [-0.25, -0.2) is 24.3 Å². The first kappa shape index (κ1) is 32.5. The summed E-state index contributed by atoms with van der Waals surface area (Å²) in [6.07, 6.45) is 9.73. The number of phenolic OH excluding ortho intramolecular Hbond substituents is 2. The largest absolute Gasteiger partial charge is 2.00 e. The number of alkyl halides is 6. The Labute approximate surface area is 220 Å². The van der Waals surface area contributed by atoms with Crippen molar-refractivity contribution in [3.63, 3.8) is 0 Å². The molecule has 0 radical (unpaired) electrons. The summed E-state index contributed by atoms with van der Waals surface area (Å²) < 4.78 is 70.7. The zero-order chi connectivity index (χ0) is 25.5. The second-order valence-electron chi connectivity index (χ2n) is 6.92. The van der Waals surface area contributed by atoms with Crippen LogP contribution in [0, 0.1) is 12.2 Å². The van der Waals surface area contributed by atoms with Gasteiger partial charge < -0.3 is 10.2 Å². The Morgan fingerprint density at radius 3 is 1.09 bits per heavy atom. The molecular weight excluding hydrogens is 549 g/mol. The van der Waals surface area contributed by atoms with Gasteiger partial charge >= 0.3 is 38.6 Å². The topological polar surface area (TPSA) is 40.5 Å². The van der Waals surface area contributed by atoms with Crippen molar-refractivity contribution in [2.24, 2.45) is 0 Å². The van der Waals surface area contributed by atoms with Crippen molar-refractivity contribution in [1.82, 2.24) is 0 Å². The zero-order valence-corrected chi connectivity index (χ0v) is 21.0. The van der Waals surface area contributed by atoms with Crippen LogP contribution in [-0.2, 0) is 39.0 Å². The van der Waals surface area contributed by atoms with E-state index in [9.17, 15) is 26.3 Å². The van der Waals surface area contributed by atoms with Gasteiger partial charge in [0.05, 0.1) is 12.8 Å². The van der Waals surface area contributed by atoms with Crippen molar-refractivity contribution in [3.05, 3.63) is 108 Å². The van der Waals surface area contributed by atoms with Gasteiger partial charge in [0.15, 0.2) is 0 Å². The first-order valence-corrected chi connectivity index (χ1v) is 10.1. The Hall–Kier alpha value is -2.54. The number of rotatable bonds is 2. The van der Waals surface area contributed by atoms with E-state index in [0.717, 1.165) is 12.8 Å². The van der Waals surface area contributed by atoms with Crippen LogP contribution in [0.5, 0.6) is 11.5 Å². The van der Waals surface area contributed by atoms with Gasteiger partial charge in [-0.2, -0.15) is 38.5 Å². The summed E-state index contributed by atoms with van der Waals surface area (Å²) in [5.41, 5.74) is 0.306. The summed E-state index contributed by atoms with van der Waals surface area (Å²) in [7, 11) is 0. The predicted octanol–water partition coefficient (Wildman–Crippen LogP) is 7.60. The molecule has 0 fully saturated rings. The average Bonchev–Trinajstić information content (AvgIpc) is 3.49. The number of benzene rings is 2. The van der Waals surface area contributed by atoms with Crippen molar-refractivity contribution in [2.45, 2.75) is 38.0 Å². The Morgan fingerprint density at radius 2 is 0.914 bits per heavy atom. The SMILES string of the molecule is Oc1ccc(CC(F)(F)F)cc1.Oc1ccc(CC(F)(F)F)cc1.[C-]1=CC=CC1.[C-]1=CC=CC1.[Zr+2]. The average molecular weight is 574 g/mol. The number of hydrogen-bond donors (Lipinski definition) is 2. The predicted molar refractivity (Wildman–Crippen MR) is 119 cm³/mol. The fourth-order valence-electron chi connectivity index (χ4n) is 2.37. The number of halogens is 6. The molecule has 35 heavy (non-hydrogen) atoms. The summed E-state index contributed by atoms with van der Waals surface area (Å²) in [6.45, 7) is 0. The van der Waals surface area contributed by atoms with Crippen molar-refractivity contribution in [2.75, 3.05) is 0 Å². The minimum atomic E-state index is -4.18. The normalized spacial score (nSPS) is 13.0. The summed E-state index contributed by atoms with van der Waals surface area (Å²) >= 11 is 0. The molecule has 0 amide bonds. The molecule has 0 heterocycles. The van der Waals surface area contributed by atoms with Crippen LogP contribution in [0.15, 0.2) is 85.0 Å². The molecule has 4 rings (SSSR count). The van der Waals surface area contributed by atoms with Crippen LogP contribution in [0.3, 0.4) is 0 Å². The van der Waals surface area contributed by atoms with Crippen LogP contribution in [-0.4, -0.2) is 22.6 Å². The number of hydrogen-bond acceptors (Lipinski definition) is 2. The second-order valence-corrected chi connectivity index (χ2v) is 6.92. The van der Waals surface area contributed by atoms with Gasteiger partial charge in [-0.1, -0.05) is 24.3 Å². The molecule has 186 valence electrons. The molecule has 0 aromatic heterocycles. The van der Waals surface area contributed by atoms with Gasteiger partial charge in [0.2, 0.25) is 0 Å². The molecule has 2 aromatic rings. The molecule has 0 saturated carbocycles. The number of aromatic hydroxyl groups is 2. The van der Waals surface area contributed by atoms with E-state index in [4.69, 9.17) is 10.2 Å². The molecular formula is C26H24F6O2Zr. The van der Waals surface area contributed by atoms with Crippen LogP contribution < -0.4 is 0 Å². The molecule has 2 aliphatic carbocycles. The third kappa shape index (κ3) is 19.5. The van der Waals surface area contributed by atoms with Crippen molar-refractivity contribution < 1.29 is 62.8 Å². The van der Waals surface area contributed by atoms with Gasteiger partial charge in [-0.05, 0) is 35.4 Å². The third-order valence-electron chi connectivity index (χ3n) is 3.85. The molecule has 0 atom stereocenters. The van der Waals surface area contributed by atoms with E-state index in [0.29, 0.717) is 0 Å². The molecule has 2 aromatic carbocycles. The van der Waals surface area contributed by atoms with Crippen LogP contribution in [0.4, 0.5) is 26.3 Å². The maximum atomic E-state index is 11.8. The Kier molecular flexibility index (Phi) is 15.8. The molecule has 2 aliphatic rings. The minimum Gasteiger partial charge on any atom is -0.508 e. The van der Waals surface area contributed by atoms with Gasteiger partial charge in [-0.15, -0.1) is 12.8 Å². The fraction of sp³-hybridized carbons (Fsp3) is 0.231. The molecule has 0 unspecified atom stereocenters. The molecule has 0 spiro atoms. The minimum absolute atomic E-state index is 0. The van der Waals surface area contributed by atoms with Crippen LogP contribution >= 0.6 is 0 Å². The van der Waals surface area contributed by atoms with E-state index in [1.165, 1.54) is 48.5 Å². The standard InChI is InChI=1S/2C8H7F3O.2C5H5.Zr/c2*9-8(10,11)5-6-1-3-7(12)4-2-6;2*1-2-4-5-3-1;/h2*1-4,12H,5H2;2*1-3H,4H2;/q;;2*-1;+2. The van der Waals surface area contributed by atoms with Gasteiger partial charge in [0.25, 0.3) is 0 Å². The summed E-state index contributed by atoms with van der Waals surface area (Å²) in [6, 6.07) is 9.96. The van der Waals surface area contributed by atoms with E-state index in [1.54, 1.807) is 0 Å². The molecule has 0 saturated heterocycles. The van der Waals surface area contributed by atoms with E-state index >= 15 is 0 Å². The Balaban J connectivity index is 0.000000468. The molecule has 0 bridgehead atoms. The summed E-state index contributed by atoms with van der Waals surface area (Å²) in [5, 5.41) is 17.5. The first-order valence-electron chi connectivity index (χ1n) is 10.1. The monoisotopic (exact) mass is 572 g/mol. The quantitative estimate of drug-likeness (QED) is 0.287. The summed E-state index contributed by atoms with van der Waals surface area (Å²) in [4.78, 5) is 0. The maximum absolute atomic E-state index is 11.8.